The molecule has 0 aliphatic heterocycles. The maximum absolute atomic E-state index is 13.6. The summed E-state index contributed by atoms with van der Waals surface area (Å²) in [5.74, 6) is 6.97. The van der Waals surface area contributed by atoms with Gasteiger partial charge in [-0.1, -0.05) is 132 Å². The van der Waals surface area contributed by atoms with Gasteiger partial charge in [-0.2, -0.15) is 0 Å². The van der Waals surface area contributed by atoms with Gasteiger partial charge in [0.15, 0.2) is 0 Å². The SMILES string of the molecule is BrCc1ncc2ccccc2c1Br.C.C#CCCO.O=CO[O-].O=c1[nH]c2cnccc2n1-c1ccc(F)cc1.O=c1n(Cc2ncc3ccccc3c2Br)c2cnccc2n1-c1ccc(F)cc1.O=c1n(Cc2ncc3ccccc3c2C#CCCO)c2cnccc2n1-c1ccc(F)cc1.O=c1n(Cc2ncc3ccccc3c2CCCCO)c2cnccc2n1-c1ccc(F)cc1.[Cs+].[Cs+].[H-]. The summed E-state index contributed by atoms with van der Waals surface area (Å²) in [4.78, 5) is 101. The van der Waals surface area contributed by atoms with Gasteiger partial charge in [0.2, 0.25) is 0 Å². The minimum Gasteiger partial charge on any atom is -1.00 e. The number of hydrogen-bond acceptors (Lipinski definition) is 18. The number of carbonyl (C=O) groups is 1. The Morgan fingerprint density at radius 1 is 0.423 bits per heavy atom. The maximum atomic E-state index is 13.6. The summed E-state index contributed by atoms with van der Waals surface area (Å²) in [5, 5.41) is 44.0. The van der Waals surface area contributed by atoms with E-state index in [9.17, 15) is 41.8 Å². The first kappa shape index (κ1) is 106. The van der Waals surface area contributed by atoms with Crippen LogP contribution in [0.5, 0.6) is 0 Å². The van der Waals surface area contributed by atoms with Gasteiger partial charge < -0.3 is 31.9 Å². The molecule has 0 atom stereocenters. The van der Waals surface area contributed by atoms with E-state index in [1.807, 2.05) is 91.3 Å². The zero-order valence-electron chi connectivity index (χ0n) is 73.9. The fourth-order valence-electron chi connectivity index (χ4n) is 14.9. The van der Waals surface area contributed by atoms with Crippen molar-refractivity contribution in [1.82, 2.24) is 76.8 Å². The van der Waals surface area contributed by atoms with E-state index < -0.39 is 0 Å². The molecule has 0 fully saturated rings. The van der Waals surface area contributed by atoms with Crippen molar-refractivity contribution in [3.05, 3.63) is 401 Å². The second kappa shape index (κ2) is 52.0. The third-order valence-electron chi connectivity index (χ3n) is 21.1. The minimum absolute atomic E-state index is 0. The van der Waals surface area contributed by atoms with Crippen molar-refractivity contribution in [2.75, 3.05) is 19.8 Å². The van der Waals surface area contributed by atoms with Gasteiger partial charge in [-0.3, -0.25) is 76.6 Å². The molecule has 0 aliphatic carbocycles. The number of aliphatic hydroxyl groups excluding tert-OH is 3. The molecule has 0 spiro atoms. The molecule has 0 bridgehead atoms. The third-order valence-corrected chi connectivity index (χ3v) is 23.4. The predicted molar refractivity (Wildman–Crippen MR) is 524 cm³/mol. The largest absolute Gasteiger partial charge is 1.00 e. The smallest absolute Gasteiger partial charge is 1.00 e. The van der Waals surface area contributed by atoms with Crippen molar-refractivity contribution in [1.29, 1.82) is 0 Å². The molecule has 137 heavy (non-hydrogen) atoms. The summed E-state index contributed by atoms with van der Waals surface area (Å²) in [6, 6.07) is 62.3. The summed E-state index contributed by atoms with van der Waals surface area (Å²) in [6.45, 7) is 0.787. The number of alkyl halides is 1. The van der Waals surface area contributed by atoms with Gasteiger partial charge in [-0.05, 0) is 194 Å². The summed E-state index contributed by atoms with van der Waals surface area (Å²) < 4.78 is 66.1. The maximum Gasteiger partial charge on any atom is 1.00 e. The van der Waals surface area contributed by atoms with Crippen molar-refractivity contribution in [2.24, 2.45) is 0 Å². The molecule has 0 unspecified atom stereocenters. The van der Waals surface area contributed by atoms with Gasteiger partial charge in [0.1, 0.15) is 23.3 Å². The first-order valence-electron chi connectivity index (χ1n) is 41.4. The fraction of sp³-hybridized carbons (Fsp3) is 0.127. The number of unbranched alkanes of at least 4 members (excludes halogenated alkanes) is 1. The second-order valence-corrected chi connectivity index (χ2v) is 31.5. The van der Waals surface area contributed by atoms with Crippen LogP contribution in [-0.4, -0.2) is 118 Å². The number of hydrogen-bond donors (Lipinski definition) is 4. The number of imidazole rings is 4. The molecular weight excluding hydrogens is 2190 g/mol. The molecule has 0 aliphatic rings. The van der Waals surface area contributed by atoms with Crippen molar-refractivity contribution in [3.63, 3.8) is 0 Å². The van der Waals surface area contributed by atoms with Crippen LogP contribution in [0.1, 0.15) is 68.4 Å². The molecule has 20 rings (SSSR count). The number of H-pyrrole nitrogens is 1. The number of pyridine rings is 8. The zero-order chi connectivity index (χ0) is 94.2. The Kier molecular flexibility index (Phi) is 40.3. The number of nitrogens with zero attached hydrogens (tertiary/aromatic N) is 15. The van der Waals surface area contributed by atoms with Crippen LogP contribution in [-0.2, 0) is 41.1 Å². The average Bonchev–Trinajstić information content (AvgIpc) is 1.61. The van der Waals surface area contributed by atoms with Crippen LogP contribution in [0.2, 0.25) is 0 Å². The minimum atomic E-state index is -0.372. The number of aliphatic hydroxyl groups is 3. The molecule has 12 heterocycles. The molecule has 0 radical (unpaired) electrons. The predicted octanol–water partition coefficient (Wildman–Crippen LogP) is 11.5. The van der Waals surface area contributed by atoms with E-state index in [1.165, 1.54) is 68.4 Å². The monoisotopic (exact) mass is 2270 g/mol. The number of terminal acetylenes is 1. The summed E-state index contributed by atoms with van der Waals surface area (Å²) in [7, 11) is 0. The van der Waals surface area contributed by atoms with E-state index in [-0.39, 0.29) is 239 Å². The molecule has 35 heteroatoms. The normalized spacial score (nSPS) is 10.6. The summed E-state index contributed by atoms with van der Waals surface area (Å²) in [5.41, 5.74) is 11.8. The standard InChI is InChI=1S/C26H23FN4O2.C26H19FN4O2.C22H14BrFN4O.C12H8FN3O.C10H7Br2N.C4H6O.CH2O3.CH4.2Cs.H/c2*27-19-8-10-20(11-9-19)31-24-12-13-28-16-25(24)30(26(31)33)17-23-22(7-3-4-14-32)21-6-2-1-5-18(21)15-29-23;23-21-17-4-2-1-3-14(17)11-26-18(21)13-27-20-12-25-10-9-19(20)28(22(27)29)16-7-5-15(24)6-8-16;13-8-1-3-9(4-2-8)16-11-5-6-14-7-10(11)15-12(16)17;11-5-9-10(12)8-4-2-1-3-7(8)6-13-9;1-2-3-4-5;2-1-4-3;;;;/h1-2,5-6,8-13,15-16,32H,3-4,7,14,17H2;1-2,5-6,8-13,15-16,32H,4,14,17H2;1-12H,13H2;1-7H,(H,15,17);1-4,6H,5H2;1,5H,3-4H2;1,3H;1H4;;;/q;;;;;;;;2*+1;-1/p-1. The molecule has 0 saturated carbocycles. The van der Waals surface area contributed by atoms with Crippen LogP contribution in [0.15, 0.2) is 321 Å². The van der Waals surface area contributed by atoms with Gasteiger partial charge in [0.25, 0.3) is 6.47 Å². The van der Waals surface area contributed by atoms with E-state index in [0.717, 1.165) is 93.2 Å². The van der Waals surface area contributed by atoms with Crippen LogP contribution in [0, 0.1) is 47.5 Å². The molecule has 0 saturated heterocycles. The van der Waals surface area contributed by atoms with Crippen LogP contribution < -0.4 is 166 Å². The molecule has 4 N–H and O–H groups in total. The van der Waals surface area contributed by atoms with E-state index in [2.05, 4.69) is 129 Å². The van der Waals surface area contributed by atoms with Gasteiger partial charge in [0, 0.05) is 110 Å². The Bertz CT molecular complexity index is 7980. The van der Waals surface area contributed by atoms with E-state index >= 15 is 0 Å². The van der Waals surface area contributed by atoms with Crippen molar-refractivity contribution in [3.8, 4) is 46.9 Å². The molecule has 0 amide bonds. The van der Waals surface area contributed by atoms with E-state index in [1.54, 1.807) is 158 Å². The van der Waals surface area contributed by atoms with Crippen LogP contribution in [0.4, 0.5) is 17.6 Å². The van der Waals surface area contributed by atoms with Crippen LogP contribution in [0.3, 0.4) is 0 Å². The molecule has 20 aromatic rings. The quantitative estimate of drug-likeness (QED) is 0.0118. The number of aromatic amines is 1. The van der Waals surface area contributed by atoms with E-state index in [4.69, 9.17) is 31.7 Å². The second-order valence-electron chi connectivity index (χ2n) is 29.4. The number of rotatable bonds is 18. The first-order valence-corrected chi connectivity index (χ1v) is 44.1. The topological polar surface area (TPSA) is 332 Å². The number of halogens is 7. The summed E-state index contributed by atoms with van der Waals surface area (Å²) in [6.07, 6.45) is 28.2. The number of aryl methyl sites for hydroxylation is 1. The third kappa shape index (κ3) is 25.5. The molecule has 8 aromatic carbocycles. The molecule has 682 valence electrons. The number of benzene rings is 8. The van der Waals surface area contributed by atoms with Crippen molar-refractivity contribution >= 4 is 141 Å². The average molecular weight is 2270 g/mol. The Morgan fingerprint density at radius 2 is 0.774 bits per heavy atom. The number of carbonyl (C=O) groups excluding carboxylic acids is 1. The van der Waals surface area contributed by atoms with Gasteiger partial charge >= 0.3 is 161 Å². The van der Waals surface area contributed by atoms with Gasteiger partial charge in [-0.25, -0.2) is 36.7 Å². The Morgan fingerprint density at radius 3 is 1.18 bits per heavy atom. The summed E-state index contributed by atoms with van der Waals surface area (Å²) >= 11 is 10.6. The van der Waals surface area contributed by atoms with Crippen LogP contribution in [0.25, 0.3) is 110 Å². The van der Waals surface area contributed by atoms with Crippen molar-refractivity contribution in [2.45, 2.75) is 64.5 Å². The van der Waals surface area contributed by atoms with E-state index in [0.29, 0.717) is 86.3 Å². The number of nitrogens with one attached hydrogen (secondary N) is 1. The van der Waals surface area contributed by atoms with Gasteiger partial charge in [0.05, 0.1) is 153 Å². The Hall–Kier alpha value is -11.2. The molecule has 12 aromatic heterocycles. The number of fused-ring (bicyclic) bond motifs is 8. The van der Waals surface area contributed by atoms with Crippen molar-refractivity contribution < 1.29 is 187 Å². The molecule has 26 nitrogen and oxygen atoms in total. The number of aromatic nitrogens is 16. The Balaban J connectivity index is 0.000000178. The molecular formula is C102H83Br3Cs2F4N16O10. The zero-order valence-corrected chi connectivity index (χ0v) is 90.2. The van der Waals surface area contributed by atoms with Crippen LogP contribution >= 0.6 is 47.8 Å². The van der Waals surface area contributed by atoms with Gasteiger partial charge in [-0.15, -0.1) is 12.3 Å². The first-order chi connectivity index (χ1) is 65.4. The fourth-order valence-corrected chi connectivity index (χ4v) is 16.9. The Labute approximate surface area is 924 Å².